The molecule has 4 N–H and O–H groups in total. The van der Waals surface area contributed by atoms with Gasteiger partial charge < -0.3 is 16.2 Å². The van der Waals surface area contributed by atoms with Crippen molar-refractivity contribution in [3.63, 3.8) is 0 Å². The Morgan fingerprint density at radius 1 is 1.24 bits per heavy atom. The van der Waals surface area contributed by atoms with E-state index >= 15 is 0 Å². The van der Waals surface area contributed by atoms with E-state index < -0.39 is 11.7 Å². The molecule has 0 bridgehead atoms. The number of aliphatic hydroxyl groups excluding tert-OH is 1. The number of benzene rings is 1. The molecule has 0 saturated carbocycles. The molecule has 17 heavy (non-hydrogen) atoms. The third-order valence-electron chi connectivity index (χ3n) is 2.27. The maximum Gasteiger partial charge on any atom is 0.418 e. The average Bonchev–Trinajstić information content (AvgIpc) is 2.25. The number of rotatable bonds is 5. The molecule has 0 spiro atoms. The molecule has 3 nitrogen and oxygen atoms in total. The van der Waals surface area contributed by atoms with Gasteiger partial charge in [-0.25, -0.2) is 0 Å². The third-order valence-corrected chi connectivity index (χ3v) is 2.27. The first-order chi connectivity index (χ1) is 7.95. The maximum absolute atomic E-state index is 12.5. The molecule has 0 aliphatic heterocycles. The number of aliphatic hydroxyl groups is 1. The quantitative estimate of drug-likeness (QED) is 0.554. The van der Waals surface area contributed by atoms with Gasteiger partial charge in [0.15, 0.2) is 0 Å². The average molecular weight is 248 g/mol. The zero-order valence-corrected chi connectivity index (χ0v) is 9.22. The number of hydrogen-bond donors (Lipinski definition) is 3. The van der Waals surface area contributed by atoms with Crippen molar-refractivity contribution >= 4 is 11.4 Å². The highest BCUT2D eigenvalue weighted by molar-refractivity contribution is 5.58. The molecule has 1 aromatic rings. The van der Waals surface area contributed by atoms with Gasteiger partial charge in [0, 0.05) is 24.5 Å². The van der Waals surface area contributed by atoms with Crippen molar-refractivity contribution in [1.29, 1.82) is 0 Å². The maximum atomic E-state index is 12.5. The summed E-state index contributed by atoms with van der Waals surface area (Å²) in [4.78, 5) is 0. The van der Waals surface area contributed by atoms with Crippen molar-refractivity contribution < 1.29 is 18.3 Å². The Balaban J connectivity index is 2.69. The van der Waals surface area contributed by atoms with E-state index in [1.54, 1.807) is 0 Å². The largest absolute Gasteiger partial charge is 0.418 e. The fourth-order valence-electron chi connectivity index (χ4n) is 1.38. The van der Waals surface area contributed by atoms with Crippen LogP contribution in [0.3, 0.4) is 0 Å². The van der Waals surface area contributed by atoms with E-state index in [9.17, 15) is 13.2 Å². The molecule has 1 rings (SSSR count). The fraction of sp³-hybridized carbons (Fsp3) is 0.455. The van der Waals surface area contributed by atoms with Gasteiger partial charge in [0.05, 0.1) is 5.56 Å². The lowest BCUT2D eigenvalue weighted by molar-refractivity contribution is -0.136. The van der Waals surface area contributed by atoms with Crippen LogP contribution in [0.4, 0.5) is 24.5 Å². The molecule has 1 aromatic carbocycles. The van der Waals surface area contributed by atoms with Crippen LogP contribution in [-0.4, -0.2) is 18.3 Å². The van der Waals surface area contributed by atoms with Gasteiger partial charge in [-0.1, -0.05) is 0 Å². The standard InChI is InChI=1S/C11H15F3N2O/c12-11(13,14)9-7-8(3-4-10(9)15)16-5-1-2-6-17/h3-4,7,16-17H,1-2,5-6,15H2. The molecule has 0 amide bonds. The minimum absolute atomic E-state index is 0.0806. The predicted octanol–water partition coefficient (Wildman–Crippen LogP) is 2.47. The van der Waals surface area contributed by atoms with Crippen LogP contribution in [0.15, 0.2) is 18.2 Å². The Morgan fingerprint density at radius 3 is 2.53 bits per heavy atom. The second-order valence-electron chi connectivity index (χ2n) is 3.66. The summed E-state index contributed by atoms with van der Waals surface area (Å²) < 4.78 is 37.6. The molecule has 0 atom stereocenters. The van der Waals surface area contributed by atoms with Crippen molar-refractivity contribution in [1.82, 2.24) is 0 Å². The molecule has 0 heterocycles. The van der Waals surface area contributed by atoms with Gasteiger partial charge in [0.25, 0.3) is 0 Å². The second kappa shape index (κ2) is 5.77. The minimum Gasteiger partial charge on any atom is -0.398 e. The van der Waals surface area contributed by atoms with Gasteiger partial charge in [-0.3, -0.25) is 0 Å². The van der Waals surface area contributed by atoms with E-state index in [-0.39, 0.29) is 12.3 Å². The number of nitrogens with one attached hydrogen (secondary N) is 1. The predicted molar refractivity (Wildman–Crippen MR) is 60.7 cm³/mol. The minimum atomic E-state index is -4.44. The van der Waals surface area contributed by atoms with Gasteiger partial charge in [-0.2, -0.15) is 13.2 Å². The van der Waals surface area contributed by atoms with E-state index in [2.05, 4.69) is 5.32 Å². The number of nitrogens with two attached hydrogens (primary N) is 1. The summed E-state index contributed by atoms with van der Waals surface area (Å²) in [5.41, 5.74) is 4.54. The molecule has 0 aromatic heterocycles. The number of unbranched alkanes of at least 4 members (excludes halogenated alkanes) is 1. The van der Waals surface area contributed by atoms with Gasteiger partial charge in [0.2, 0.25) is 0 Å². The van der Waals surface area contributed by atoms with E-state index in [4.69, 9.17) is 10.8 Å². The van der Waals surface area contributed by atoms with Crippen LogP contribution in [0.1, 0.15) is 18.4 Å². The first-order valence-corrected chi connectivity index (χ1v) is 5.26. The number of anilines is 2. The van der Waals surface area contributed by atoms with E-state index in [0.717, 1.165) is 6.07 Å². The Labute approximate surface area is 97.4 Å². The number of hydrogen-bond acceptors (Lipinski definition) is 3. The second-order valence-corrected chi connectivity index (χ2v) is 3.66. The van der Waals surface area contributed by atoms with Crippen LogP contribution in [0.5, 0.6) is 0 Å². The first kappa shape index (κ1) is 13.6. The normalized spacial score (nSPS) is 11.5. The van der Waals surface area contributed by atoms with Gasteiger partial charge in [-0.15, -0.1) is 0 Å². The van der Waals surface area contributed by atoms with Gasteiger partial charge in [-0.05, 0) is 31.0 Å². The summed E-state index contributed by atoms with van der Waals surface area (Å²) >= 11 is 0. The van der Waals surface area contributed by atoms with E-state index in [1.165, 1.54) is 12.1 Å². The molecule has 0 fully saturated rings. The zero-order chi connectivity index (χ0) is 12.9. The Hall–Kier alpha value is -1.43. The fourth-order valence-corrected chi connectivity index (χ4v) is 1.38. The lowest BCUT2D eigenvalue weighted by Crippen LogP contribution is -2.10. The monoisotopic (exact) mass is 248 g/mol. The third kappa shape index (κ3) is 4.14. The van der Waals surface area contributed by atoms with Crippen LogP contribution >= 0.6 is 0 Å². The van der Waals surface area contributed by atoms with Crippen molar-refractivity contribution in [3.05, 3.63) is 23.8 Å². The molecule has 96 valence electrons. The SMILES string of the molecule is Nc1ccc(NCCCCO)cc1C(F)(F)F. The molecular formula is C11H15F3N2O. The number of nitrogen functional groups attached to an aromatic ring is 1. The van der Waals surface area contributed by atoms with Gasteiger partial charge >= 0.3 is 6.18 Å². The van der Waals surface area contributed by atoms with Crippen LogP contribution < -0.4 is 11.1 Å². The van der Waals surface area contributed by atoms with Crippen molar-refractivity contribution in [2.45, 2.75) is 19.0 Å². The van der Waals surface area contributed by atoms with Crippen molar-refractivity contribution in [3.8, 4) is 0 Å². The Morgan fingerprint density at radius 2 is 1.94 bits per heavy atom. The van der Waals surface area contributed by atoms with E-state index in [1.807, 2.05) is 0 Å². The molecular weight excluding hydrogens is 233 g/mol. The summed E-state index contributed by atoms with van der Waals surface area (Å²) in [5.74, 6) is 0. The summed E-state index contributed by atoms with van der Waals surface area (Å²) in [6.45, 7) is 0.596. The highest BCUT2D eigenvalue weighted by Gasteiger charge is 2.33. The lowest BCUT2D eigenvalue weighted by Gasteiger charge is -2.12. The molecule has 0 aliphatic carbocycles. The summed E-state index contributed by atoms with van der Waals surface area (Å²) in [7, 11) is 0. The Bertz CT molecular complexity index is 366. The summed E-state index contributed by atoms with van der Waals surface area (Å²) in [5, 5.41) is 11.4. The lowest BCUT2D eigenvalue weighted by atomic mass is 10.1. The molecule has 0 saturated heterocycles. The van der Waals surface area contributed by atoms with Crippen LogP contribution in [0, 0.1) is 0 Å². The van der Waals surface area contributed by atoms with Crippen molar-refractivity contribution in [2.75, 3.05) is 24.2 Å². The number of alkyl halides is 3. The van der Waals surface area contributed by atoms with Crippen molar-refractivity contribution in [2.24, 2.45) is 0 Å². The molecule has 6 heteroatoms. The van der Waals surface area contributed by atoms with Crippen LogP contribution in [0.2, 0.25) is 0 Å². The van der Waals surface area contributed by atoms with Crippen LogP contribution in [0.25, 0.3) is 0 Å². The number of halogens is 3. The zero-order valence-electron chi connectivity index (χ0n) is 9.22. The smallest absolute Gasteiger partial charge is 0.398 e. The topological polar surface area (TPSA) is 58.3 Å². The van der Waals surface area contributed by atoms with E-state index in [0.29, 0.717) is 25.1 Å². The Kier molecular flexibility index (Phi) is 4.62. The summed E-state index contributed by atoms with van der Waals surface area (Å²) in [6.07, 6.45) is -3.12. The summed E-state index contributed by atoms with van der Waals surface area (Å²) in [6, 6.07) is 3.73. The molecule has 0 unspecified atom stereocenters. The first-order valence-electron chi connectivity index (χ1n) is 5.26. The molecule has 0 aliphatic rings. The highest BCUT2D eigenvalue weighted by Crippen LogP contribution is 2.35. The molecule has 0 radical (unpaired) electrons. The highest BCUT2D eigenvalue weighted by atomic mass is 19.4. The van der Waals surface area contributed by atoms with Gasteiger partial charge in [0.1, 0.15) is 0 Å². The van der Waals surface area contributed by atoms with Crippen LogP contribution in [-0.2, 0) is 6.18 Å².